The molecule has 3 heterocycles. The number of nitrogens with zero attached hydrogens (tertiary/aromatic N) is 5. The maximum atomic E-state index is 12.5. The zero-order valence-corrected chi connectivity index (χ0v) is 15.6. The minimum Gasteiger partial charge on any atom is -0.484 e. The second kappa shape index (κ2) is 7.26. The molecule has 140 valence electrons. The van der Waals surface area contributed by atoms with Crippen LogP contribution in [0, 0.1) is 6.92 Å². The standard InChI is InChI=1S/C20H23N5O2/c1-15-5-3-4-6-18(15)27-14-19(26)24-9-11-25(12-10-24)20-22-16-7-8-21-13-17(16)23(20)2/h3-8,13H,9-12,14H2,1-2H3. The molecule has 1 saturated heterocycles. The van der Waals surface area contributed by atoms with Crippen LogP contribution < -0.4 is 9.64 Å². The summed E-state index contributed by atoms with van der Waals surface area (Å²) >= 11 is 0. The van der Waals surface area contributed by atoms with Gasteiger partial charge in [0, 0.05) is 39.4 Å². The highest BCUT2D eigenvalue weighted by atomic mass is 16.5. The molecule has 0 unspecified atom stereocenters. The molecule has 1 aliphatic rings. The largest absolute Gasteiger partial charge is 0.484 e. The Labute approximate surface area is 158 Å². The molecule has 2 aromatic heterocycles. The number of carbonyl (C=O) groups excluding carboxylic acids is 1. The Bertz CT molecular complexity index is 960. The van der Waals surface area contributed by atoms with E-state index >= 15 is 0 Å². The van der Waals surface area contributed by atoms with E-state index in [1.807, 2.05) is 55.4 Å². The predicted molar refractivity (Wildman–Crippen MR) is 104 cm³/mol. The number of aryl methyl sites for hydroxylation is 2. The van der Waals surface area contributed by atoms with E-state index in [1.165, 1.54) is 0 Å². The number of anilines is 1. The first-order chi connectivity index (χ1) is 13.1. The number of ether oxygens (including phenoxy) is 1. The highest BCUT2D eigenvalue weighted by Gasteiger charge is 2.24. The predicted octanol–water partition coefficient (Wildman–Crippen LogP) is 2.00. The fourth-order valence-corrected chi connectivity index (χ4v) is 3.41. The van der Waals surface area contributed by atoms with Crippen LogP contribution in [0.1, 0.15) is 5.56 Å². The molecule has 3 aromatic rings. The summed E-state index contributed by atoms with van der Waals surface area (Å²) in [5.41, 5.74) is 2.98. The number of hydrogen-bond acceptors (Lipinski definition) is 5. The van der Waals surface area contributed by atoms with Crippen molar-refractivity contribution in [2.24, 2.45) is 7.05 Å². The maximum absolute atomic E-state index is 12.5. The van der Waals surface area contributed by atoms with Gasteiger partial charge < -0.3 is 19.1 Å². The number of carbonyl (C=O) groups is 1. The Morgan fingerprint density at radius 3 is 2.67 bits per heavy atom. The summed E-state index contributed by atoms with van der Waals surface area (Å²) in [6.45, 7) is 4.88. The van der Waals surface area contributed by atoms with Crippen LogP contribution in [0.4, 0.5) is 5.95 Å². The summed E-state index contributed by atoms with van der Waals surface area (Å²) in [6, 6.07) is 9.66. The van der Waals surface area contributed by atoms with Gasteiger partial charge in [-0.15, -0.1) is 0 Å². The maximum Gasteiger partial charge on any atom is 0.260 e. The van der Waals surface area contributed by atoms with Crippen molar-refractivity contribution in [3.05, 3.63) is 48.3 Å². The summed E-state index contributed by atoms with van der Waals surface area (Å²) in [5.74, 6) is 1.70. The van der Waals surface area contributed by atoms with Gasteiger partial charge in [-0.25, -0.2) is 4.98 Å². The third-order valence-corrected chi connectivity index (χ3v) is 5.02. The minimum absolute atomic E-state index is 0.0205. The van der Waals surface area contributed by atoms with E-state index in [4.69, 9.17) is 9.72 Å². The number of piperazine rings is 1. The molecular formula is C20H23N5O2. The number of para-hydroxylation sites is 1. The van der Waals surface area contributed by atoms with Gasteiger partial charge in [0.15, 0.2) is 6.61 Å². The van der Waals surface area contributed by atoms with Gasteiger partial charge >= 0.3 is 0 Å². The topological polar surface area (TPSA) is 63.5 Å². The lowest BCUT2D eigenvalue weighted by molar-refractivity contribution is -0.133. The number of fused-ring (bicyclic) bond motifs is 1. The number of amides is 1. The molecule has 1 fully saturated rings. The summed E-state index contributed by atoms with van der Waals surface area (Å²) < 4.78 is 7.75. The van der Waals surface area contributed by atoms with Gasteiger partial charge in [-0.1, -0.05) is 18.2 Å². The van der Waals surface area contributed by atoms with Gasteiger partial charge in [0.25, 0.3) is 5.91 Å². The Kier molecular flexibility index (Phi) is 4.66. The van der Waals surface area contributed by atoms with E-state index in [1.54, 1.807) is 6.20 Å². The Morgan fingerprint density at radius 2 is 1.93 bits per heavy atom. The number of hydrogen-bond donors (Lipinski definition) is 0. The van der Waals surface area contributed by atoms with Crippen molar-refractivity contribution in [1.82, 2.24) is 19.4 Å². The van der Waals surface area contributed by atoms with E-state index in [0.717, 1.165) is 41.4 Å². The molecule has 0 atom stereocenters. The summed E-state index contributed by atoms with van der Waals surface area (Å²) in [7, 11) is 2.00. The van der Waals surface area contributed by atoms with Gasteiger partial charge in [-0.05, 0) is 24.6 Å². The fraction of sp³-hybridized carbons (Fsp3) is 0.350. The first-order valence-electron chi connectivity index (χ1n) is 9.11. The number of imidazole rings is 1. The molecule has 0 N–H and O–H groups in total. The molecule has 27 heavy (non-hydrogen) atoms. The fourth-order valence-electron chi connectivity index (χ4n) is 3.41. The van der Waals surface area contributed by atoms with Crippen molar-refractivity contribution in [2.45, 2.75) is 6.92 Å². The minimum atomic E-state index is 0.0205. The molecule has 7 heteroatoms. The third-order valence-electron chi connectivity index (χ3n) is 5.02. The summed E-state index contributed by atoms with van der Waals surface area (Å²) in [4.78, 5) is 25.4. The second-order valence-electron chi connectivity index (χ2n) is 6.76. The normalized spacial score (nSPS) is 14.6. The van der Waals surface area contributed by atoms with Crippen LogP contribution >= 0.6 is 0 Å². The lowest BCUT2D eigenvalue weighted by Gasteiger charge is -2.35. The van der Waals surface area contributed by atoms with E-state index < -0.39 is 0 Å². The second-order valence-corrected chi connectivity index (χ2v) is 6.76. The highest BCUT2D eigenvalue weighted by molar-refractivity contribution is 5.79. The number of pyridine rings is 1. The molecule has 7 nitrogen and oxygen atoms in total. The molecular weight excluding hydrogens is 342 g/mol. The number of benzene rings is 1. The smallest absolute Gasteiger partial charge is 0.260 e. The SMILES string of the molecule is Cc1ccccc1OCC(=O)N1CCN(c2nc3ccncc3n2C)CC1. The van der Waals surface area contributed by atoms with Crippen LogP contribution in [0.3, 0.4) is 0 Å². The molecule has 0 bridgehead atoms. The van der Waals surface area contributed by atoms with Crippen molar-refractivity contribution in [3.63, 3.8) is 0 Å². The van der Waals surface area contributed by atoms with Crippen molar-refractivity contribution in [2.75, 3.05) is 37.7 Å². The average Bonchev–Trinajstić information content (AvgIpc) is 3.04. The van der Waals surface area contributed by atoms with Gasteiger partial charge in [0.05, 0.1) is 17.2 Å². The van der Waals surface area contributed by atoms with E-state index in [2.05, 4.69) is 14.5 Å². The Balaban J connectivity index is 1.36. The summed E-state index contributed by atoms with van der Waals surface area (Å²) in [6.07, 6.45) is 3.58. The van der Waals surface area contributed by atoms with Crippen LogP contribution in [0.15, 0.2) is 42.7 Å². The lowest BCUT2D eigenvalue weighted by atomic mass is 10.2. The molecule has 0 spiro atoms. The molecule has 1 aliphatic heterocycles. The number of rotatable bonds is 4. The summed E-state index contributed by atoms with van der Waals surface area (Å²) in [5, 5.41) is 0. The van der Waals surface area contributed by atoms with Crippen LogP contribution in [0.25, 0.3) is 11.0 Å². The van der Waals surface area contributed by atoms with E-state index in [9.17, 15) is 4.79 Å². The van der Waals surface area contributed by atoms with Crippen LogP contribution in [-0.2, 0) is 11.8 Å². The molecule has 4 rings (SSSR count). The highest BCUT2D eigenvalue weighted by Crippen LogP contribution is 2.21. The van der Waals surface area contributed by atoms with Crippen LogP contribution in [0.2, 0.25) is 0 Å². The molecule has 0 radical (unpaired) electrons. The molecule has 1 amide bonds. The van der Waals surface area contributed by atoms with Crippen molar-refractivity contribution >= 4 is 22.9 Å². The molecule has 0 saturated carbocycles. The van der Waals surface area contributed by atoms with E-state index in [0.29, 0.717) is 13.1 Å². The van der Waals surface area contributed by atoms with Crippen LogP contribution in [0.5, 0.6) is 5.75 Å². The number of aromatic nitrogens is 3. The van der Waals surface area contributed by atoms with Gasteiger partial charge in [0.2, 0.25) is 5.95 Å². The van der Waals surface area contributed by atoms with Crippen molar-refractivity contribution < 1.29 is 9.53 Å². The van der Waals surface area contributed by atoms with Crippen molar-refractivity contribution in [1.29, 1.82) is 0 Å². The molecule has 1 aromatic carbocycles. The quantitative estimate of drug-likeness (QED) is 0.708. The first kappa shape index (κ1) is 17.3. The third kappa shape index (κ3) is 3.45. The monoisotopic (exact) mass is 365 g/mol. The molecule has 0 aliphatic carbocycles. The zero-order valence-electron chi connectivity index (χ0n) is 15.6. The zero-order chi connectivity index (χ0) is 18.8. The van der Waals surface area contributed by atoms with Crippen LogP contribution in [-0.4, -0.2) is 58.1 Å². The Morgan fingerprint density at radius 1 is 1.15 bits per heavy atom. The lowest BCUT2D eigenvalue weighted by Crippen LogP contribution is -2.50. The van der Waals surface area contributed by atoms with E-state index in [-0.39, 0.29) is 12.5 Å². The average molecular weight is 365 g/mol. The van der Waals surface area contributed by atoms with Gasteiger partial charge in [0.1, 0.15) is 5.75 Å². The van der Waals surface area contributed by atoms with Gasteiger partial charge in [-0.2, -0.15) is 0 Å². The van der Waals surface area contributed by atoms with Gasteiger partial charge in [-0.3, -0.25) is 9.78 Å². The first-order valence-corrected chi connectivity index (χ1v) is 9.11. The van der Waals surface area contributed by atoms with Crippen molar-refractivity contribution in [3.8, 4) is 5.75 Å². The Hall–Kier alpha value is -3.09.